The van der Waals surface area contributed by atoms with E-state index in [4.69, 9.17) is 10.6 Å². The van der Waals surface area contributed by atoms with E-state index in [1.807, 2.05) is 0 Å². The van der Waals surface area contributed by atoms with Gasteiger partial charge in [0, 0.05) is 13.7 Å². The fourth-order valence-electron chi connectivity index (χ4n) is 1.66. The highest BCUT2D eigenvalue weighted by Crippen LogP contribution is 2.31. The normalized spacial score (nSPS) is 23.4. The number of rotatable bonds is 3. The molecule has 0 spiro atoms. The molecule has 60 valence electrons. The van der Waals surface area contributed by atoms with E-state index in [1.165, 1.54) is 12.8 Å². The Balaban J connectivity index is 2.41. The first kappa shape index (κ1) is 7.98. The Bertz CT molecular complexity index is 99.8. The van der Waals surface area contributed by atoms with E-state index in [0.717, 1.165) is 19.4 Å². The molecule has 3 N–H and O–H groups in total. The van der Waals surface area contributed by atoms with Gasteiger partial charge in [-0.1, -0.05) is 12.8 Å². The first-order chi connectivity index (χ1) is 4.83. The summed E-state index contributed by atoms with van der Waals surface area (Å²) in [5.74, 6) is 5.24. The number of hydrazine groups is 1. The maximum atomic E-state index is 5.40. The molecule has 1 saturated carbocycles. The van der Waals surface area contributed by atoms with Crippen molar-refractivity contribution in [2.45, 2.75) is 31.3 Å². The molecular formula is C7H16N2O. The maximum absolute atomic E-state index is 5.40. The zero-order chi connectivity index (χ0) is 7.45. The van der Waals surface area contributed by atoms with Crippen LogP contribution in [0.25, 0.3) is 0 Å². The molecule has 1 aliphatic carbocycles. The Labute approximate surface area is 61.9 Å². The monoisotopic (exact) mass is 144 g/mol. The quantitative estimate of drug-likeness (QED) is 0.445. The van der Waals surface area contributed by atoms with Crippen molar-refractivity contribution >= 4 is 0 Å². The first-order valence-electron chi connectivity index (χ1n) is 3.82. The van der Waals surface area contributed by atoms with E-state index in [9.17, 15) is 0 Å². The fraction of sp³-hybridized carbons (Fsp3) is 1.00. The summed E-state index contributed by atoms with van der Waals surface area (Å²) in [6.07, 6.45) is 4.84. The van der Waals surface area contributed by atoms with Gasteiger partial charge in [-0.2, -0.15) is 0 Å². The molecule has 0 atom stereocenters. The molecule has 0 heterocycles. The van der Waals surface area contributed by atoms with Crippen molar-refractivity contribution in [3.05, 3.63) is 0 Å². The summed E-state index contributed by atoms with van der Waals surface area (Å²) in [6, 6.07) is 0. The lowest BCUT2D eigenvalue weighted by Crippen LogP contribution is -2.42. The van der Waals surface area contributed by atoms with Gasteiger partial charge in [0.2, 0.25) is 0 Å². The zero-order valence-corrected chi connectivity index (χ0v) is 6.52. The molecule has 3 heteroatoms. The molecule has 0 bridgehead atoms. The standard InChI is InChI=1S/C7H16N2O/c1-10-7(6-9-8)4-2-3-5-7/h9H,2-6,8H2,1H3. The van der Waals surface area contributed by atoms with Gasteiger partial charge in [-0.3, -0.25) is 11.3 Å². The van der Waals surface area contributed by atoms with Gasteiger partial charge < -0.3 is 4.74 Å². The second-order valence-corrected chi connectivity index (χ2v) is 2.98. The molecule has 1 aliphatic rings. The van der Waals surface area contributed by atoms with Crippen LogP contribution >= 0.6 is 0 Å². The Kier molecular flexibility index (Phi) is 2.65. The van der Waals surface area contributed by atoms with Crippen LogP contribution in [-0.2, 0) is 4.74 Å². The zero-order valence-electron chi connectivity index (χ0n) is 6.52. The largest absolute Gasteiger partial charge is 0.377 e. The summed E-state index contributed by atoms with van der Waals surface area (Å²) in [7, 11) is 1.77. The molecule has 0 aromatic carbocycles. The van der Waals surface area contributed by atoms with Crippen LogP contribution < -0.4 is 11.3 Å². The summed E-state index contributed by atoms with van der Waals surface area (Å²) in [6.45, 7) is 0.781. The second kappa shape index (κ2) is 3.32. The van der Waals surface area contributed by atoms with E-state index >= 15 is 0 Å². The van der Waals surface area contributed by atoms with Gasteiger partial charge in [-0.25, -0.2) is 0 Å². The highest BCUT2D eigenvalue weighted by atomic mass is 16.5. The minimum Gasteiger partial charge on any atom is -0.377 e. The van der Waals surface area contributed by atoms with Crippen LogP contribution in [0.1, 0.15) is 25.7 Å². The average Bonchev–Trinajstić information content (AvgIpc) is 2.39. The minimum absolute atomic E-state index is 0.0503. The van der Waals surface area contributed by atoms with E-state index in [0.29, 0.717) is 0 Å². The highest BCUT2D eigenvalue weighted by molar-refractivity contribution is 4.87. The fourth-order valence-corrected chi connectivity index (χ4v) is 1.66. The maximum Gasteiger partial charge on any atom is 0.0816 e. The Morgan fingerprint density at radius 1 is 1.50 bits per heavy atom. The molecule has 0 amide bonds. The summed E-state index contributed by atoms with van der Waals surface area (Å²) >= 11 is 0. The van der Waals surface area contributed by atoms with E-state index in [1.54, 1.807) is 7.11 Å². The molecule has 0 aromatic heterocycles. The summed E-state index contributed by atoms with van der Waals surface area (Å²) in [4.78, 5) is 0. The number of nitrogens with one attached hydrogen (secondary N) is 1. The van der Waals surface area contributed by atoms with Crippen LogP contribution in [0.5, 0.6) is 0 Å². The topological polar surface area (TPSA) is 47.3 Å². The van der Waals surface area contributed by atoms with Gasteiger partial charge in [0.1, 0.15) is 0 Å². The van der Waals surface area contributed by atoms with Gasteiger partial charge in [-0.05, 0) is 12.8 Å². The second-order valence-electron chi connectivity index (χ2n) is 2.98. The summed E-state index contributed by atoms with van der Waals surface area (Å²) in [5.41, 5.74) is 2.73. The Morgan fingerprint density at radius 3 is 2.50 bits per heavy atom. The number of hydrogen-bond donors (Lipinski definition) is 2. The lowest BCUT2D eigenvalue weighted by atomic mass is 10.0. The third kappa shape index (κ3) is 1.48. The Morgan fingerprint density at radius 2 is 2.10 bits per heavy atom. The van der Waals surface area contributed by atoms with Crippen molar-refractivity contribution in [3.63, 3.8) is 0 Å². The van der Waals surface area contributed by atoms with Crippen molar-refractivity contribution in [1.82, 2.24) is 5.43 Å². The van der Waals surface area contributed by atoms with Crippen molar-refractivity contribution in [3.8, 4) is 0 Å². The molecule has 1 fully saturated rings. The lowest BCUT2D eigenvalue weighted by molar-refractivity contribution is -0.00307. The van der Waals surface area contributed by atoms with Crippen LogP contribution in [0.2, 0.25) is 0 Å². The van der Waals surface area contributed by atoms with E-state index in [-0.39, 0.29) is 5.60 Å². The first-order valence-corrected chi connectivity index (χ1v) is 3.82. The van der Waals surface area contributed by atoms with Gasteiger partial charge in [0.15, 0.2) is 0 Å². The summed E-state index contributed by atoms with van der Waals surface area (Å²) in [5, 5.41) is 0. The van der Waals surface area contributed by atoms with Crippen LogP contribution in [0.15, 0.2) is 0 Å². The minimum atomic E-state index is 0.0503. The van der Waals surface area contributed by atoms with Crippen LogP contribution in [0.4, 0.5) is 0 Å². The molecule has 0 saturated heterocycles. The summed E-state index contributed by atoms with van der Waals surface area (Å²) < 4.78 is 5.40. The van der Waals surface area contributed by atoms with Crippen molar-refractivity contribution < 1.29 is 4.74 Å². The molecule has 0 aliphatic heterocycles. The van der Waals surface area contributed by atoms with Gasteiger partial charge in [0.25, 0.3) is 0 Å². The molecule has 0 unspecified atom stereocenters. The average molecular weight is 144 g/mol. The third-order valence-corrected chi connectivity index (χ3v) is 2.37. The van der Waals surface area contributed by atoms with Crippen LogP contribution in [0.3, 0.4) is 0 Å². The molecule has 0 radical (unpaired) electrons. The number of hydrogen-bond acceptors (Lipinski definition) is 3. The highest BCUT2D eigenvalue weighted by Gasteiger charge is 2.32. The van der Waals surface area contributed by atoms with Gasteiger partial charge >= 0.3 is 0 Å². The van der Waals surface area contributed by atoms with Crippen molar-refractivity contribution in [2.75, 3.05) is 13.7 Å². The molecule has 1 rings (SSSR count). The third-order valence-electron chi connectivity index (χ3n) is 2.37. The van der Waals surface area contributed by atoms with Gasteiger partial charge in [0.05, 0.1) is 5.60 Å². The number of nitrogens with two attached hydrogens (primary N) is 1. The van der Waals surface area contributed by atoms with Crippen LogP contribution in [0, 0.1) is 0 Å². The molecule has 3 nitrogen and oxygen atoms in total. The number of methoxy groups -OCH3 is 1. The predicted octanol–water partition coefficient (Wildman–Crippen LogP) is 0.409. The Hall–Kier alpha value is -0.120. The van der Waals surface area contributed by atoms with Crippen LogP contribution in [-0.4, -0.2) is 19.3 Å². The predicted molar refractivity (Wildman–Crippen MR) is 40.4 cm³/mol. The van der Waals surface area contributed by atoms with Crippen molar-refractivity contribution in [2.24, 2.45) is 5.84 Å². The smallest absolute Gasteiger partial charge is 0.0816 e. The molecular weight excluding hydrogens is 128 g/mol. The van der Waals surface area contributed by atoms with E-state index in [2.05, 4.69) is 5.43 Å². The van der Waals surface area contributed by atoms with Gasteiger partial charge in [-0.15, -0.1) is 0 Å². The molecule has 10 heavy (non-hydrogen) atoms. The lowest BCUT2D eigenvalue weighted by Gasteiger charge is -2.26. The van der Waals surface area contributed by atoms with Crippen molar-refractivity contribution in [1.29, 1.82) is 0 Å². The van der Waals surface area contributed by atoms with E-state index < -0.39 is 0 Å². The number of ether oxygens (including phenoxy) is 1. The SMILES string of the molecule is COC1(CNN)CCCC1. The molecule has 0 aromatic rings.